The lowest BCUT2D eigenvalue weighted by Crippen LogP contribution is -2.41. The first kappa shape index (κ1) is 19.7. The van der Waals surface area contributed by atoms with Crippen LogP contribution in [0.5, 0.6) is 0 Å². The fourth-order valence-corrected chi connectivity index (χ4v) is 4.31. The van der Waals surface area contributed by atoms with Gasteiger partial charge in [0.1, 0.15) is 4.21 Å². The normalized spacial score (nSPS) is 11.0. The molecule has 0 fully saturated rings. The van der Waals surface area contributed by atoms with Crippen LogP contribution in [0.25, 0.3) is 0 Å². The minimum Gasteiger partial charge on any atom is -0.346 e. The number of sulfonamides is 1. The maximum absolute atomic E-state index is 12.2. The first-order valence-electron chi connectivity index (χ1n) is 7.46. The van der Waals surface area contributed by atoms with Crippen LogP contribution in [0, 0.1) is 12.3 Å². The number of nitrogens with one attached hydrogen (secondary N) is 2. The predicted molar refractivity (Wildman–Crippen MR) is 100 cm³/mol. The molecule has 0 spiro atoms. The first-order valence-corrected chi connectivity index (χ1v) is 9.78. The summed E-state index contributed by atoms with van der Waals surface area (Å²) >= 11 is 1.07. The van der Waals surface area contributed by atoms with Gasteiger partial charge in [-0.3, -0.25) is 9.59 Å². The summed E-state index contributed by atoms with van der Waals surface area (Å²) in [5.41, 5.74) is 1.13. The fourth-order valence-electron chi connectivity index (χ4n) is 1.98. The zero-order valence-electron chi connectivity index (χ0n) is 13.9. The van der Waals surface area contributed by atoms with Crippen molar-refractivity contribution in [1.82, 2.24) is 9.62 Å². The zero-order valence-corrected chi connectivity index (χ0v) is 15.6. The second-order valence-corrected chi connectivity index (χ2v) is 8.46. The lowest BCUT2D eigenvalue weighted by atomic mass is 10.2. The number of hydrogen-bond acceptors (Lipinski definition) is 5. The van der Waals surface area contributed by atoms with Crippen molar-refractivity contribution in [2.75, 3.05) is 25.5 Å². The van der Waals surface area contributed by atoms with Crippen LogP contribution in [0.1, 0.15) is 5.56 Å². The van der Waals surface area contributed by atoms with Crippen molar-refractivity contribution in [2.24, 2.45) is 0 Å². The molecular formula is C17H17N3O4S2. The monoisotopic (exact) mass is 391 g/mol. The van der Waals surface area contributed by atoms with Gasteiger partial charge < -0.3 is 10.6 Å². The molecule has 26 heavy (non-hydrogen) atoms. The third kappa shape index (κ3) is 5.16. The predicted octanol–water partition coefficient (Wildman–Crippen LogP) is 1.10. The molecule has 0 aliphatic heterocycles. The van der Waals surface area contributed by atoms with Crippen molar-refractivity contribution >= 4 is 38.9 Å². The Morgan fingerprint density at radius 1 is 1.23 bits per heavy atom. The minimum atomic E-state index is -3.71. The lowest BCUT2D eigenvalue weighted by Gasteiger charge is -2.15. The summed E-state index contributed by atoms with van der Waals surface area (Å²) in [5.74, 6) is 1.42. The van der Waals surface area contributed by atoms with E-state index in [9.17, 15) is 18.0 Å². The van der Waals surface area contributed by atoms with Gasteiger partial charge in [0.2, 0.25) is 11.8 Å². The van der Waals surface area contributed by atoms with Crippen LogP contribution in [0.2, 0.25) is 0 Å². The van der Waals surface area contributed by atoms with E-state index in [2.05, 4.69) is 16.6 Å². The van der Waals surface area contributed by atoms with Crippen molar-refractivity contribution in [3.8, 4) is 12.3 Å². The number of hydrogen-bond donors (Lipinski definition) is 2. The van der Waals surface area contributed by atoms with Gasteiger partial charge >= 0.3 is 0 Å². The Balaban J connectivity index is 1.84. The van der Waals surface area contributed by atoms with Gasteiger partial charge in [0, 0.05) is 18.3 Å². The van der Waals surface area contributed by atoms with Crippen LogP contribution in [0.15, 0.2) is 46.0 Å². The Kier molecular flexibility index (Phi) is 6.52. The van der Waals surface area contributed by atoms with Crippen LogP contribution in [0.3, 0.4) is 0 Å². The molecule has 1 aromatic carbocycles. The number of likely N-dealkylation sites (N-methyl/N-ethyl adjacent to an activating group) is 1. The summed E-state index contributed by atoms with van der Waals surface area (Å²) in [6.45, 7) is -0.675. The zero-order chi connectivity index (χ0) is 19.2. The summed E-state index contributed by atoms with van der Waals surface area (Å²) < 4.78 is 25.5. The molecule has 2 aromatic rings. The number of rotatable bonds is 7. The number of nitrogens with zero attached hydrogens (tertiary/aromatic N) is 1. The second kappa shape index (κ2) is 8.62. The maximum Gasteiger partial charge on any atom is 0.252 e. The summed E-state index contributed by atoms with van der Waals surface area (Å²) in [4.78, 5) is 23.8. The highest BCUT2D eigenvalue weighted by Crippen LogP contribution is 2.19. The Labute approximate surface area is 156 Å². The van der Waals surface area contributed by atoms with Crippen LogP contribution >= 0.6 is 11.3 Å². The third-order valence-electron chi connectivity index (χ3n) is 3.29. The van der Waals surface area contributed by atoms with Crippen molar-refractivity contribution in [3.05, 3.63) is 47.3 Å². The third-order valence-corrected chi connectivity index (χ3v) is 6.46. The maximum atomic E-state index is 12.2. The number of terminal acetylenes is 1. The molecule has 0 saturated heterocycles. The number of carbonyl (C=O) groups excluding carboxylic acids is 2. The topological polar surface area (TPSA) is 95.6 Å². The quantitative estimate of drug-likeness (QED) is 0.691. The van der Waals surface area contributed by atoms with Gasteiger partial charge in [0.25, 0.3) is 10.0 Å². The van der Waals surface area contributed by atoms with Gasteiger partial charge in [-0.15, -0.1) is 17.8 Å². The van der Waals surface area contributed by atoms with Crippen LogP contribution in [-0.2, 0) is 19.6 Å². The summed E-state index contributed by atoms with van der Waals surface area (Å²) in [6, 6.07) is 9.80. The van der Waals surface area contributed by atoms with Gasteiger partial charge in [-0.1, -0.05) is 18.1 Å². The molecule has 0 atom stereocenters. The smallest absolute Gasteiger partial charge is 0.252 e. The Morgan fingerprint density at radius 3 is 2.65 bits per heavy atom. The number of benzene rings is 1. The van der Waals surface area contributed by atoms with Crippen molar-refractivity contribution < 1.29 is 18.0 Å². The molecule has 136 valence electrons. The van der Waals surface area contributed by atoms with E-state index in [0.29, 0.717) is 11.3 Å². The van der Waals surface area contributed by atoms with E-state index in [1.807, 2.05) is 0 Å². The van der Waals surface area contributed by atoms with Crippen LogP contribution in [-0.4, -0.2) is 44.7 Å². The van der Waals surface area contributed by atoms with Gasteiger partial charge in [0.05, 0.1) is 13.1 Å². The SMILES string of the molecule is C#Cc1cccc(NC(=O)CNC(=O)CN(C)S(=O)(=O)c2cccs2)c1. The Bertz CT molecular complexity index is 931. The lowest BCUT2D eigenvalue weighted by molar-refractivity contribution is -0.124. The molecule has 0 saturated carbocycles. The molecule has 9 heteroatoms. The average molecular weight is 391 g/mol. The molecule has 0 aliphatic rings. The second-order valence-electron chi connectivity index (χ2n) is 5.24. The van der Waals surface area contributed by atoms with Crippen LogP contribution in [0.4, 0.5) is 5.69 Å². The van der Waals surface area contributed by atoms with Crippen molar-refractivity contribution in [3.63, 3.8) is 0 Å². The van der Waals surface area contributed by atoms with Gasteiger partial charge in [-0.2, -0.15) is 4.31 Å². The molecule has 0 aliphatic carbocycles. The molecule has 0 bridgehead atoms. The summed E-state index contributed by atoms with van der Waals surface area (Å²) in [6.07, 6.45) is 5.29. The molecular weight excluding hydrogens is 374 g/mol. The van der Waals surface area contributed by atoms with E-state index >= 15 is 0 Å². The molecule has 2 amide bonds. The van der Waals surface area contributed by atoms with Crippen molar-refractivity contribution in [2.45, 2.75) is 4.21 Å². The highest BCUT2D eigenvalue weighted by atomic mass is 32.2. The van der Waals surface area contributed by atoms with Crippen LogP contribution < -0.4 is 10.6 Å². The molecule has 2 N–H and O–H groups in total. The van der Waals surface area contributed by atoms with Gasteiger partial charge in [0.15, 0.2) is 0 Å². The minimum absolute atomic E-state index is 0.152. The van der Waals surface area contributed by atoms with E-state index < -0.39 is 21.8 Å². The van der Waals surface area contributed by atoms with Gasteiger partial charge in [-0.05, 0) is 29.6 Å². The van der Waals surface area contributed by atoms with E-state index in [1.54, 1.807) is 35.7 Å². The Hall–Kier alpha value is -2.67. The summed E-state index contributed by atoms with van der Waals surface area (Å²) in [5, 5.41) is 6.62. The highest BCUT2D eigenvalue weighted by molar-refractivity contribution is 7.91. The molecule has 1 heterocycles. The molecule has 7 nitrogen and oxygen atoms in total. The van der Waals surface area contributed by atoms with E-state index in [0.717, 1.165) is 15.6 Å². The largest absolute Gasteiger partial charge is 0.346 e. The number of anilines is 1. The van der Waals surface area contributed by atoms with E-state index in [-0.39, 0.29) is 17.3 Å². The molecule has 0 unspecified atom stereocenters. The summed E-state index contributed by atoms with van der Waals surface area (Å²) in [7, 11) is -2.41. The van der Waals surface area contributed by atoms with E-state index in [1.165, 1.54) is 13.1 Å². The average Bonchev–Trinajstić information content (AvgIpc) is 3.15. The molecule has 1 aromatic heterocycles. The standard InChI is InChI=1S/C17H17N3O4S2/c1-3-13-6-4-7-14(10-13)19-15(21)11-18-16(22)12-20(2)26(23,24)17-8-5-9-25-17/h1,4-10H,11-12H2,2H3,(H,18,22)(H,19,21). The van der Waals surface area contributed by atoms with E-state index in [4.69, 9.17) is 6.42 Å². The molecule has 2 rings (SSSR count). The molecule has 0 radical (unpaired) electrons. The Morgan fingerprint density at radius 2 is 2.00 bits per heavy atom. The fraction of sp³-hybridized carbons (Fsp3) is 0.176. The highest BCUT2D eigenvalue weighted by Gasteiger charge is 2.23. The number of carbonyl (C=O) groups is 2. The number of amides is 2. The number of thiophene rings is 1. The van der Waals surface area contributed by atoms with Crippen molar-refractivity contribution in [1.29, 1.82) is 0 Å². The first-order chi connectivity index (χ1) is 12.3. The van der Waals surface area contributed by atoms with Gasteiger partial charge in [-0.25, -0.2) is 8.42 Å².